The van der Waals surface area contributed by atoms with E-state index in [1.165, 1.54) is 0 Å². The zero-order valence-electron chi connectivity index (χ0n) is 15.4. The Morgan fingerprint density at radius 2 is 1.77 bits per heavy atom. The van der Waals surface area contributed by atoms with Crippen LogP contribution in [0.4, 0.5) is 10.5 Å². The van der Waals surface area contributed by atoms with Gasteiger partial charge in [-0.2, -0.15) is 0 Å². The molecule has 1 fully saturated rings. The molecule has 1 aliphatic heterocycles. The average molecular weight is 354 g/mol. The molecular formula is C20H26N4O2. The predicted molar refractivity (Wildman–Crippen MR) is 104 cm³/mol. The van der Waals surface area contributed by atoms with Gasteiger partial charge in [0.15, 0.2) is 0 Å². The number of hydrogen-bond donors (Lipinski definition) is 2. The van der Waals surface area contributed by atoms with Gasteiger partial charge in [-0.15, -0.1) is 0 Å². The Morgan fingerprint density at radius 1 is 1.08 bits per heavy atom. The number of nitrogens with one attached hydrogen (secondary N) is 2. The normalized spacial score (nSPS) is 15.6. The second-order valence-electron chi connectivity index (χ2n) is 6.96. The van der Waals surface area contributed by atoms with E-state index in [0.29, 0.717) is 6.54 Å². The average Bonchev–Trinajstić information content (AvgIpc) is 2.63. The van der Waals surface area contributed by atoms with Crippen LogP contribution in [0.15, 0.2) is 42.5 Å². The van der Waals surface area contributed by atoms with Crippen LogP contribution in [-0.2, 0) is 4.79 Å². The number of piperidine rings is 1. The van der Waals surface area contributed by atoms with Gasteiger partial charge in [0, 0.05) is 38.6 Å². The minimum absolute atomic E-state index is 0.116. The molecule has 0 atom stereocenters. The van der Waals surface area contributed by atoms with Crippen LogP contribution in [0.2, 0.25) is 0 Å². The van der Waals surface area contributed by atoms with Crippen LogP contribution in [0, 0.1) is 0 Å². The predicted octanol–water partition coefficient (Wildman–Crippen LogP) is 2.51. The summed E-state index contributed by atoms with van der Waals surface area (Å²) in [5, 5.41) is 8.15. The van der Waals surface area contributed by atoms with E-state index in [-0.39, 0.29) is 18.0 Å². The number of nitrogens with zero attached hydrogens (tertiary/aromatic N) is 2. The van der Waals surface area contributed by atoms with E-state index < -0.39 is 0 Å². The lowest BCUT2D eigenvalue weighted by Gasteiger charge is -2.32. The monoisotopic (exact) mass is 354 g/mol. The van der Waals surface area contributed by atoms with Crippen molar-refractivity contribution < 1.29 is 9.59 Å². The fourth-order valence-electron chi connectivity index (χ4n) is 3.25. The van der Waals surface area contributed by atoms with Crippen molar-refractivity contribution >= 4 is 28.4 Å². The summed E-state index contributed by atoms with van der Waals surface area (Å²) in [6.45, 7) is 2.08. The van der Waals surface area contributed by atoms with Gasteiger partial charge in [0.1, 0.15) is 0 Å². The minimum Gasteiger partial charge on any atom is -0.348 e. The third-order valence-corrected chi connectivity index (χ3v) is 4.82. The zero-order chi connectivity index (χ0) is 18.5. The summed E-state index contributed by atoms with van der Waals surface area (Å²) in [4.78, 5) is 27.9. The molecule has 0 aromatic heterocycles. The molecule has 2 N–H and O–H groups in total. The summed E-state index contributed by atoms with van der Waals surface area (Å²) in [6, 6.07) is 13.8. The molecule has 0 radical (unpaired) electrons. The van der Waals surface area contributed by atoms with Gasteiger partial charge < -0.3 is 15.5 Å². The Labute approximate surface area is 154 Å². The lowest BCUT2D eigenvalue weighted by atomic mass is 10.1. The van der Waals surface area contributed by atoms with Gasteiger partial charge in [0.2, 0.25) is 5.91 Å². The molecular weight excluding hydrogens is 328 g/mol. The fraction of sp³-hybridized carbons (Fsp3) is 0.400. The quantitative estimate of drug-likeness (QED) is 0.887. The Hall–Kier alpha value is -2.60. The van der Waals surface area contributed by atoms with E-state index >= 15 is 0 Å². The summed E-state index contributed by atoms with van der Waals surface area (Å²) < 4.78 is 0. The molecule has 6 heteroatoms. The molecule has 0 bridgehead atoms. The smallest absolute Gasteiger partial charge is 0.319 e. The Balaban J connectivity index is 1.51. The molecule has 2 aromatic carbocycles. The highest BCUT2D eigenvalue weighted by molar-refractivity contribution is 6.01. The van der Waals surface area contributed by atoms with E-state index in [1.54, 1.807) is 19.0 Å². The Kier molecular flexibility index (Phi) is 5.73. The van der Waals surface area contributed by atoms with Gasteiger partial charge in [-0.1, -0.05) is 36.4 Å². The molecule has 3 rings (SSSR count). The highest BCUT2D eigenvalue weighted by atomic mass is 16.2. The maximum Gasteiger partial charge on any atom is 0.319 e. The molecule has 2 aromatic rings. The summed E-state index contributed by atoms with van der Waals surface area (Å²) >= 11 is 0. The third-order valence-electron chi connectivity index (χ3n) is 4.82. The second-order valence-corrected chi connectivity index (χ2v) is 6.96. The van der Waals surface area contributed by atoms with E-state index in [4.69, 9.17) is 0 Å². The number of fused-ring (bicyclic) bond motifs is 1. The minimum atomic E-state index is -0.177. The second kappa shape index (κ2) is 8.19. The van der Waals surface area contributed by atoms with Crippen LogP contribution < -0.4 is 10.6 Å². The van der Waals surface area contributed by atoms with E-state index in [1.807, 2.05) is 42.5 Å². The number of carbonyl (C=O) groups excluding carboxylic acids is 2. The van der Waals surface area contributed by atoms with Crippen LogP contribution in [0.5, 0.6) is 0 Å². The van der Waals surface area contributed by atoms with Gasteiger partial charge in [-0.25, -0.2) is 4.79 Å². The first-order valence-electron chi connectivity index (χ1n) is 9.01. The molecule has 1 saturated heterocycles. The number of likely N-dealkylation sites (N-methyl/N-ethyl adjacent to an activating group) is 1. The molecule has 0 saturated carbocycles. The molecule has 26 heavy (non-hydrogen) atoms. The fourth-order valence-corrected chi connectivity index (χ4v) is 3.25. The third kappa shape index (κ3) is 4.52. The number of likely N-dealkylation sites (tertiary alicyclic amines) is 1. The van der Waals surface area contributed by atoms with Gasteiger partial charge in [-0.3, -0.25) is 9.69 Å². The molecule has 138 valence electrons. The number of benzene rings is 2. The van der Waals surface area contributed by atoms with Gasteiger partial charge in [-0.05, 0) is 24.3 Å². The summed E-state index contributed by atoms with van der Waals surface area (Å²) in [5.41, 5.74) is 0.814. The first-order chi connectivity index (χ1) is 12.5. The SMILES string of the molecule is CN(C)C(=O)CN1CCC(NC(=O)Nc2cccc3ccccc23)CC1. The molecule has 6 nitrogen and oxygen atoms in total. The van der Waals surface area contributed by atoms with Gasteiger partial charge in [0.25, 0.3) is 0 Å². The van der Waals surface area contributed by atoms with Crippen molar-refractivity contribution in [3.63, 3.8) is 0 Å². The highest BCUT2D eigenvalue weighted by Crippen LogP contribution is 2.23. The molecule has 1 heterocycles. The van der Waals surface area contributed by atoms with Crippen molar-refractivity contribution in [2.45, 2.75) is 18.9 Å². The lowest BCUT2D eigenvalue weighted by Crippen LogP contribution is -2.48. The number of anilines is 1. The zero-order valence-corrected chi connectivity index (χ0v) is 15.4. The van der Waals surface area contributed by atoms with Crippen LogP contribution in [0.25, 0.3) is 10.8 Å². The topological polar surface area (TPSA) is 64.7 Å². The maximum atomic E-state index is 12.4. The highest BCUT2D eigenvalue weighted by Gasteiger charge is 2.22. The van der Waals surface area contributed by atoms with Crippen molar-refractivity contribution in [1.82, 2.24) is 15.1 Å². The molecule has 1 aliphatic rings. The van der Waals surface area contributed by atoms with Crippen molar-refractivity contribution in [3.05, 3.63) is 42.5 Å². The standard InChI is InChI=1S/C20H26N4O2/c1-23(2)19(25)14-24-12-10-16(11-13-24)21-20(26)22-18-9-5-7-15-6-3-4-8-17(15)18/h3-9,16H,10-14H2,1-2H3,(H2,21,22,26). The molecule has 3 amide bonds. The van der Waals surface area contributed by atoms with Gasteiger partial charge in [0.05, 0.1) is 12.2 Å². The number of hydrogen-bond acceptors (Lipinski definition) is 3. The number of rotatable bonds is 4. The number of amides is 3. The molecule has 0 spiro atoms. The van der Waals surface area contributed by atoms with Crippen LogP contribution in [0.3, 0.4) is 0 Å². The molecule has 0 aliphatic carbocycles. The van der Waals surface area contributed by atoms with Crippen molar-refractivity contribution in [3.8, 4) is 0 Å². The van der Waals surface area contributed by atoms with E-state index in [9.17, 15) is 9.59 Å². The van der Waals surface area contributed by atoms with E-state index in [2.05, 4.69) is 15.5 Å². The Morgan fingerprint density at radius 3 is 2.50 bits per heavy atom. The summed E-state index contributed by atoms with van der Waals surface area (Å²) in [7, 11) is 3.54. The molecule has 0 unspecified atom stereocenters. The Bertz CT molecular complexity index is 777. The first kappa shape index (κ1) is 18.2. The van der Waals surface area contributed by atoms with Crippen molar-refractivity contribution in [2.24, 2.45) is 0 Å². The summed E-state index contributed by atoms with van der Waals surface area (Å²) in [6.07, 6.45) is 1.70. The van der Waals surface area contributed by atoms with Crippen LogP contribution in [0.1, 0.15) is 12.8 Å². The maximum absolute atomic E-state index is 12.4. The van der Waals surface area contributed by atoms with E-state index in [0.717, 1.165) is 42.4 Å². The lowest BCUT2D eigenvalue weighted by molar-refractivity contribution is -0.130. The largest absolute Gasteiger partial charge is 0.348 e. The number of carbonyl (C=O) groups is 2. The summed E-state index contributed by atoms with van der Waals surface area (Å²) in [5.74, 6) is 0.116. The van der Waals surface area contributed by atoms with Gasteiger partial charge >= 0.3 is 6.03 Å². The van der Waals surface area contributed by atoms with Crippen LogP contribution in [-0.4, -0.2) is 61.5 Å². The van der Waals surface area contributed by atoms with Crippen LogP contribution >= 0.6 is 0 Å². The van der Waals surface area contributed by atoms with Crippen molar-refractivity contribution in [1.29, 1.82) is 0 Å². The van der Waals surface area contributed by atoms with Crippen molar-refractivity contribution in [2.75, 3.05) is 39.0 Å². The first-order valence-corrected chi connectivity index (χ1v) is 9.01. The number of urea groups is 1.